The molecule has 5 aromatic carbocycles. The molecular formula is C41H32N2. The first-order valence-corrected chi connectivity index (χ1v) is 14.7. The van der Waals surface area contributed by atoms with E-state index in [1.54, 1.807) is 0 Å². The van der Waals surface area contributed by atoms with Crippen molar-refractivity contribution in [3.63, 3.8) is 0 Å². The Hall–Kier alpha value is -5.47. The quantitative estimate of drug-likeness (QED) is 0.200. The number of fused-ring (bicyclic) bond motifs is 3. The highest BCUT2D eigenvalue weighted by Gasteiger charge is 2.45. The Bertz CT molecular complexity index is 1870. The van der Waals surface area contributed by atoms with Gasteiger partial charge in [-0.2, -0.15) is 0 Å². The minimum atomic E-state index is -0.413. The Morgan fingerprint density at radius 2 is 1.12 bits per heavy atom. The van der Waals surface area contributed by atoms with Crippen LogP contribution < -0.4 is 5.73 Å². The lowest BCUT2D eigenvalue weighted by Crippen LogP contribution is -2.28. The van der Waals surface area contributed by atoms with E-state index in [1.165, 1.54) is 33.4 Å². The van der Waals surface area contributed by atoms with Crippen LogP contribution >= 0.6 is 0 Å². The summed E-state index contributed by atoms with van der Waals surface area (Å²) in [6.07, 6.45) is 6.85. The van der Waals surface area contributed by atoms with Crippen LogP contribution in [-0.4, -0.2) is 4.98 Å². The highest BCUT2D eigenvalue weighted by Crippen LogP contribution is 2.55. The number of nitrogens with zero attached hydrogens (tertiary/aromatic N) is 1. The van der Waals surface area contributed by atoms with E-state index in [0.717, 1.165) is 34.5 Å². The van der Waals surface area contributed by atoms with Gasteiger partial charge in [0.25, 0.3) is 0 Å². The third kappa shape index (κ3) is 4.77. The summed E-state index contributed by atoms with van der Waals surface area (Å²) >= 11 is 0. The van der Waals surface area contributed by atoms with E-state index in [0.29, 0.717) is 0 Å². The summed E-state index contributed by atoms with van der Waals surface area (Å²) in [6.45, 7) is 0. The molecule has 0 spiro atoms. The maximum atomic E-state index is 6.81. The zero-order chi connectivity index (χ0) is 29.1. The van der Waals surface area contributed by atoms with Gasteiger partial charge in [0.2, 0.25) is 0 Å². The van der Waals surface area contributed by atoms with E-state index in [2.05, 4.69) is 145 Å². The van der Waals surface area contributed by atoms with Gasteiger partial charge in [0, 0.05) is 24.0 Å². The van der Waals surface area contributed by atoms with Crippen LogP contribution in [0.1, 0.15) is 39.1 Å². The van der Waals surface area contributed by atoms with E-state index in [-0.39, 0.29) is 0 Å². The van der Waals surface area contributed by atoms with Gasteiger partial charge in [-0.15, -0.1) is 0 Å². The van der Waals surface area contributed by atoms with Crippen molar-refractivity contribution in [3.8, 4) is 11.1 Å². The van der Waals surface area contributed by atoms with Crippen molar-refractivity contribution in [1.29, 1.82) is 0 Å². The molecular weight excluding hydrogens is 520 g/mol. The van der Waals surface area contributed by atoms with Crippen molar-refractivity contribution in [2.75, 3.05) is 0 Å². The Labute approximate surface area is 253 Å². The lowest BCUT2D eigenvalue weighted by atomic mass is 9.67. The molecule has 7 rings (SSSR count). The number of hydrogen-bond donors (Lipinski definition) is 1. The predicted octanol–water partition coefficient (Wildman–Crippen LogP) is 9.07. The maximum Gasteiger partial charge on any atom is 0.0713 e. The highest BCUT2D eigenvalue weighted by molar-refractivity contribution is 5.87. The second kappa shape index (κ2) is 11.4. The molecule has 0 aliphatic heterocycles. The van der Waals surface area contributed by atoms with Crippen molar-refractivity contribution < 1.29 is 0 Å². The van der Waals surface area contributed by atoms with Gasteiger partial charge in [0.15, 0.2) is 0 Å². The molecule has 0 saturated heterocycles. The standard InChI is InChI=1S/C41H32N2/c42-40(29-32(30-13-3-1-4-14-30)24-27-35-17-11-12-28-43-35)31-22-25-34(26-23-31)41(33-15-5-2-6-16-33)38-20-9-7-18-36(38)37-19-8-10-21-39(37)41/h1-26,28-29H,27,42H2/b32-24+,40-29-. The summed E-state index contributed by atoms with van der Waals surface area (Å²) in [5, 5.41) is 0. The lowest BCUT2D eigenvalue weighted by Gasteiger charge is -2.34. The molecule has 2 heteroatoms. The maximum absolute atomic E-state index is 6.81. The van der Waals surface area contributed by atoms with Crippen LogP contribution in [0.15, 0.2) is 170 Å². The molecule has 0 amide bonds. The van der Waals surface area contributed by atoms with E-state index in [1.807, 2.05) is 30.5 Å². The molecule has 0 saturated carbocycles. The highest BCUT2D eigenvalue weighted by atomic mass is 14.7. The Balaban J connectivity index is 1.32. The number of rotatable bonds is 7. The second-order valence-electron chi connectivity index (χ2n) is 10.9. The van der Waals surface area contributed by atoms with Crippen molar-refractivity contribution >= 4 is 11.3 Å². The number of pyridine rings is 1. The number of aromatic nitrogens is 1. The normalized spacial score (nSPS) is 13.8. The fraction of sp³-hybridized carbons (Fsp3) is 0.0488. The first-order valence-electron chi connectivity index (χ1n) is 14.7. The topological polar surface area (TPSA) is 38.9 Å². The summed E-state index contributed by atoms with van der Waals surface area (Å²) in [5.41, 5.74) is 19.0. The number of nitrogens with two attached hydrogens (primary N) is 1. The molecule has 1 heterocycles. The Morgan fingerprint density at radius 1 is 0.558 bits per heavy atom. The molecule has 0 bridgehead atoms. The third-order valence-corrected chi connectivity index (χ3v) is 8.49. The smallest absolute Gasteiger partial charge is 0.0713 e. The van der Waals surface area contributed by atoms with Gasteiger partial charge >= 0.3 is 0 Å². The molecule has 1 aromatic heterocycles. The van der Waals surface area contributed by atoms with E-state index in [9.17, 15) is 0 Å². The molecule has 2 N–H and O–H groups in total. The molecule has 206 valence electrons. The van der Waals surface area contributed by atoms with Crippen LogP contribution in [0.25, 0.3) is 22.4 Å². The van der Waals surface area contributed by atoms with Gasteiger partial charge in [-0.25, -0.2) is 0 Å². The Morgan fingerprint density at radius 3 is 1.74 bits per heavy atom. The first-order chi connectivity index (χ1) is 21.2. The van der Waals surface area contributed by atoms with Crippen LogP contribution in [-0.2, 0) is 11.8 Å². The summed E-state index contributed by atoms with van der Waals surface area (Å²) in [4.78, 5) is 4.50. The first kappa shape index (κ1) is 26.4. The van der Waals surface area contributed by atoms with Crippen molar-refractivity contribution in [3.05, 3.63) is 209 Å². The van der Waals surface area contributed by atoms with Crippen LogP contribution in [0.3, 0.4) is 0 Å². The third-order valence-electron chi connectivity index (χ3n) is 8.49. The van der Waals surface area contributed by atoms with Crippen LogP contribution in [0.2, 0.25) is 0 Å². The molecule has 2 nitrogen and oxygen atoms in total. The van der Waals surface area contributed by atoms with E-state index < -0.39 is 5.41 Å². The molecule has 0 radical (unpaired) electrons. The van der Waals surface area contributed by atoms with Crippen LogP contribution in [0, 0.1) is 0 Å². The molecule has 0 fully saturated rings. The number of allylic oxidation sites excluding steroid dienone is 3. The number of hydrogen-bond acceptors (Lipinski definition) is 2. The average molecular weight is 553 g/mol. The van der Waals surface area contributed by atoms with Crippen LogP contribution in [0.4, 0.5) is 0 Å². The minimum Gasteiger partial charge on any atom is -0.398 e. The van der Waals surface area contributed by atoms with Crippen molar-refractivity contribution in [2.24, 2.45) is 5.73 Å². The molecule has 0 unspecified atom stereocenters. The van der Waals surface area contributed by atoms with Gasteiger partial charge in [0.1, 0.15) is 0 Å². The fourth-order valence-electron chi connectivity index (χ4n) is 6.50. The van der Waals surface area contributed by atoms with Gasteiger partial charge in [-0.1, -0.05) is 146 Å². The monoisotopic (exact) mass is 552 g/mol. The molecule has 43 heavy (non-hydrogen) atoms. The van der Waals surface area contributed by atoms with Gasteiger partial charge in [0.05, 0.1) is 5.41 Å². The molecule has 1 aliphatic rings. The minimum absolute atomic E-state index is 0.413. The lowest BCUT2D eigenvalue weighted by molar-refractivity contribution is 0.768. The average Bonchev–Trinajstić information content (AvgIpc) is 3.39. The van der Waals surface area contributed by atoms with E-state index in [4.69, 9.17) is 5.73 Å². The summed E-state index contributed by atoms with van der Waals surface area (Å²) < 4.78 is 0. The number of benzene rings is 5. The fourth-order valence-corrected chi connectivity index (χ4v) is 6.50. The SMILES string of the molecule is N/C(=C\C(=C/Cc1ccccn1)c1ccccc1)c1ccc(C2(c3ccccc3)c3ccccc3-c3ccccc32)cc1. The van der Waals surface area contributed by atoms with Crippen molar-refractivity contribution in [1.82, 2.24) is 4.98 Å². The van der Waals surface area contributed by atoms with Gasteiger partial charge in [-0.05, 0) is 68.3 Å². The predicted molar refractivity (Wildman–Crippen MR) is 178 cm³/mol. The van der Waals surface area contributed by atoms with Gasteiger partial charge < -0.3 is 5.73 Å². The summed E-state index contributed by atoms with van der Waals surface area (Å²) in [5.74, 6) is 0. The zero-order valence-corrected chi connectivity index (χ0v) is 23.9. The summed E-state index contributed by atoms with van der Waals surface area (Å²) in [7, 11) is 0. The largest absolute Gasteiger partial charge is 0.398 e. The molecule has 6 aromatic rings. The molecule has 1 aliphatic carbocycles. The Kier molecular flexibility index (Phi) is 7.02. The summed E-state index contributed by atoms with van der Waals surface area (Å²) in [6, 6.07) is 53.7. The zero-order valence-electron chi connectivity index (χ0n) is 23.9. The van der Waals surface area contributed by atoms with Gasteiger partial charge in [-0.3, -0.25) is 4.98 Å². The van der Waals surface area contributed by atoms with E-state index >= 15 is 0 Å². The van der Waals surface area contributed by atoms with Crippen molar-refractivity contribution in [2.45, 2.75) is 11.8 Å². The molecule has 0 atom stereocenters. The van der Waals surface area contributed by atoms with Crippen LogP contribution in [0.5, 0.6) is 0 Å². The second-order valence-corrected chi connectivity index (χ2v) is 10.9.